The lowest BCUT2D eigenvalue weighted by Crippen LogP contribution is -1.99. The van der Waals surface area contributed by atoms with Crippen molar-refractivity contribution in [3.05, 3.63) is 47.3 Å². The third-order valence-electron chi connectivity index (χ3n) is 2.27. The summed E-state index contributed by atoms with van der Waals surface area (Å²) >= 11 is 0. The minimum absolute atomic E-state index is 0.319. The molecule has 0 aliphatic rings. The molecule has 1 aromatic heterocycles. The van der Waals surface area contributed by atoms with E-state index in [1.165, 1.54) is 16.8 Å². The van der Waals surface area contributed by atoms with E-state index in [9.17, 15) is 8.78 Å². The Morgan fingerprint density at radius 2 is 1.53 bits per heavy atom. The van der Waals surface area contributed by atoms with Gasteiger partial charge in [-0.2, -0.15) is 5.10 Å². The number of rotatable bonds is 1. The van der Waals surface area contributed by atoms with Gasteiger partial charge in [0.25, 0.3) is 0 Å². The van der Waals surface area contributed by atoms with E-state index in [0.29, 0.717) is 17.1 Å². The van der Waals surface area contributed by atoms with E-state index < -0.39 is 0 Å². The fourth-order valence-corrected chi connectivity index (χ4v) is 1.46. The van der Waals surface area contributed by atoms with Crippen molar-refractivity contribution >= 4 is 0 Å². The summed E-state index contributed by atoms with van der Waals surface area (Å²) in [5.74, 6) is -0.639. The predicted molar refractivity (Wildman–Crippen MR) is 64.3 cm³/mol. The second-order valence-electron chi connectivity index (χ2n) is 3.37. The van der Waals surface area contributed by atoms with E-state index in [0.717, 1.165) is 0 Å². The molecule has 0 N–H and O–H groups in total. The van der Waals surface area contributed by atoms with Gasteiger partial charge in [0.15, 0.2) is 5.82 Å². The Hall–Kier alpha value is -1.71. The lowest BCUT2D eigenvalue weighted by atomic mass is 10.3. The first-order valence-corrected chi connectivity index (χ1v) is 5.57. The molecule has 2 aromatic rings. The van der Waals surface area contributed by atoms with Crippen LogP contribution < -0.4 is 0 Å². The van der Waals surface area contributed by atoms with Gasteiger partial charge in [0, 0.05) is 0 Å². The van der Waals surface area contributed by atoms with Gasteiger partial charge in [-0.15, -0.1) is 0 Å². The number of aryl methyl sites for hydroxylation is 1. The normalized spacial score (nSPS) is 9.76. The molecule has 17 heavy (non-hydrogen) atoms. The third kappa shape index (κ3) is 2.70. The summed E-state index contributed by atoms with van der Waals surface area (Å²) in [6, 6.07) is 5.77. The first kappa shape index (κ1) is 13.4. The van der Waals surface area contributed by atoms with Gasteiger partial charge in [0.1, 0.15) is 5.82 Å². The molecule has 0 saturated carbocycles. The SMILES string of the molecule is CC.Cc1nn(-c2ccc(F)cc2)c(C)c1F. The Labute approximate surface area is 99.9 Å². The summed E-state index contributed by atoms with van der Waals surface area (Å²) in [6.07, 6.45) is 0. The Morgan fingerprint density at radius 3 is 1.94 bits per heavy atom. The quantitative estimate of drug-likeness (QED) is 0.739. The zero-order valence-electron chi connectivity index (χ0n) is 10.5. The first-order chi connectivity index (χ1) is 8.09. The van der Waals surface area contributed by atoms with E-state index in [2.05, 4.69) is 5.10 Å². The number of benzene rings is 1. The Balaban J connectivity index is 0.000000686. The molecule has 2 nitrogen and oxygen atoms in total. The predicted octanol–water partition coefficient (Wildman–Crippen LogP) is 3.79. The summed E-state index contributed by atoms with van der Waals surface area (Å²) < 4.78 is 27.5. The number of halogens is 2. The van der Waals surface area contributed by atoms with Crippen molar-refractivity contribution in [3.63, 3.8) is 0 Å². The molecule has 0 aliphatic carbocycles. The van der Waals surface area contributed by atoms with Gasteiger partial charge in [0.05, 0.1) is 17.1 Å². The van der Waals surface area contributed by atoms with Gasteiger partial charge in [-0.1, -0.05) is 13.8 Å². The Bertz CT molecular complexity index is 487. The van der Waals surface area contributed by atoms with Gasteiger partial charge in [-0.25, -0.2) is 13.5 Å². The molecule has 0 spiro atoms. The highest BCUT2D eigenvalue weighted by Crippen LogP contribution is 2.16. The Morgan fingerprint density at radius 1 is 1.00 bits per heavy atom. The smallest absolute Gasteiger partial charge is 0.167 e. The van der Waals surface area contributed by atoms with Crippen LogP contribution in [0.1, 0.15) is 25.2 Å². The van der Waals surface area contributed by atoms with Crippen LogP contribution >= 0.6 is 0 Å². The summed E-state index contributed by atoms with van der Waals surface area (Å²) in [6.45, 7) is 7.24. The summed E-state index contributed by atoms with van der Waals surface area (Å²) in [5.41, 5.74) is 1.43. The van der Waals surface area contributed by atoms with Crippen LogP contribution in [0.25, 0.3) is 5.69 Å². The molecule has 0 bridgehead atoms. The molecule has 0 fully saturated rings. The number of hydrogen-bond donors (Lipinski definition) is 0. The molecule has 1 aromatic carbocycles. The van der Waals surface area contributed by atoms with Gasteiger partial charge < -0.3 is 0 Å². The highest BCUT2D eigenvalue weighted by Gasteiger charge is 2.11. The molecular formula is C13H16F2N2. The van der Waals surface area contributed by atoms with Crippen LogP contribution in [0.5, 0.6) is 0 Å². The first-order valence-electron chi connectivity index (χ1n) is 5.57. The second kappa shape index (κ2) is 5.57. The molecule has 1 heterocycles. The number of hydrogen-bond acceptors (Lipinski definition) is 1. The molecule has 0 atom stereocenters. The zero-order chi connectivity index (χ0) is 13.0. The van der Waals surface area contributed by atoms with Crippen molar-refractivity contribution in [1.29, 1.82) is 0 Å². The minimum atomic E-state index is -0.320. The van der Waals surface area contributed by atoms with Crippen LogP contribution in [-0.2, 0) is 0 Å². The van der Waals surface area contributed by atoms with Crippen LogP contribution in [0.3, 0.4) is 0 Å². The molecule has 0 radical (unpaired) electrons. The van der Waals surface area contributed by atoms with Crippen LogP contribution in [-0.4, -0.2) is 9.78 Å². The van der Waals surface area contributed by atoms with Gasteiger partial charge >= 0.3 is 0 Å². The average Bonchev–Trinajstić information content (AvgIpc) is 2.61. The fraction of sp³-hybridized carbons (Fsp3) is 0.308. The largest absolute Gasteiger partial charge is 0.235 e. The molecule has 4 heteroatoms. The molecule has 0 unspecified atom stereocenters. The maximum atomic E-state index is 13.4. The molecule has 2 rings (SSSR count). The van der Waals surface area contributed by atoms with Gasteiger partial charge in [-0.05, 0) is 38.1 Å². The van der Waals surface area contributed by atoms with E-state index in [-0.39, 0.29) is 11.6 Å². The van der Waals surface area contributed by atoms with E-state index >= 15 is 0 Å². The maximum absolute atomic E-state index is 13.4. The lowest BCUT2D eigenvalue weighted by molar-refractivity contribution is 0.608. The van der Waals surface area contributed by atoms with E-state index in [1.807, 2.05) is 13.8 Å². The summed E-state index contributed by atoms with van der Waals surface area (Å²) in [7, 11) is 0. The highest BCUT2D eigenvalue weighted by atomic mass is 19.1. The number of aromatic nitrogens is 2. The molecule has 0 aliphatic heterocycles. The van der Waals surface area contributed by atoms with Crippen molar-refractivity contribution in [3.8, 4) is 5.69 Å². The molecule has 92 valence electrons. The standard InChI is InChI=1S/C11H10F2N2.C2H6/c1-7-11(13)8(2)15(14-7)10-5-3-9(12)4-6-10;1-2/h3-6H,1-2H3;1-2H3. The monoisotopic (exact) mass is 238 g/mol. The second-order valence-corrected chi connectivity index (χ2v) is 3.37. The maximum Gasteiger partial charge on any atom is 0.167 e. The molecule has 0 saturated heterocycles. The van der Waals surface area contributed by atoms with Gasteiger partial charge in [0.2, 0.25) is 0 Å². The average molecular weight is 238 g/mol. The van der Waals surface area contributed by atoms with Crippen LogP contribution in [0.15, 0.2) is 24.3 Å². The van der Waals surface area contributed by atoms with Crippen molar-refractivity contribution in [2.75, 3.05) is 0 Å². The summed E-state index contributed by atoms with van der Waals surface area (Å²) in [4.78, 5) is 0. The molecule has 0 amide bonds. The van der Waals surface area contributed by atoms with Crippen molar-refractivity contribution in [1.82, 2.24) is 9.78 Å². The van der Waals surface area contributed by atoms with Crippen LogP contribution in [0.2, 0.25) is 0 Å². The third-order valence-corrected chi connectivity index (χ3v) is 2.27. The van der Waals surface area contributed by atoms with Crippen LogP contribution in [0.4, 0.5) is 8.78 Å². The van der Waals surface area contributed by atoms with Crippen molar-refractivity contribution in [2.24, 2.45) is 0 Å². The lowest BCUT2D eigenvalue weighted by Gasteiger charge is -2.02. The molecular weight excluding hydrogens is 222 g/mol. The van der Waals surface area contributed by atoms with E-state index in [1.54, 1.807) is 26.0 Å². The summed E-state index contributed by atoms with van der Waals surface area (Å²) in [5, 5.41) is 4.03. The topological polar surface area (TPSA) is 17.8 Å². The van der Waals surface area contributed by atoms with Crippen molar-refractivity contribution < 1.29 is 8.78 Å². The van der Waals surface area contributed by atoms with E-state index in [4.69, 9.17) is 0 Å². The fourth-order valence-electron chi connectivity index (χ4n) is 1.46. The van der Waals surface area contributed by atoms with Crippen LogP contribution in [0, 0.1) is 25.5 Å². The van der Waals surface area contributed by atoms with Crippen molar-refractivity contribution in [2.45, 2.75) is 27.7 Å². The highest BCUT2D eigenvalue weighted by molar-refractivity contribution is 5.33. The number of nitrogens with zero attached hydrogens (tertiary/aromatic N) is 2. The minimum Gasteiger partial charge on any atom is -0.235 e. The van der Waals surface area contributed by atoms with Gasteiger partial charge in [-0.3, -0.25) is 0 Å². The zero-order valence-corrected chi connectivity index (χ0v) is 10.5. The Kier molecular flexibility index (Phi) is 4.37.